The highest BCUT2D eigenvalue weighted by Gasteiger charge is 2.29. The van der Waals surface area contributed by atoms with Crippen molar-refractivity contribution in [1.29, 1.82) is 0 Å². The molecule has 0 amide bonds. The third-order valence-corrected chi connectivity index (χ3v) is 5.44. The second-order valence-corrected chi connectivity index (χ2v) is 8.57. The Bertz CT molecular complexity index is 787. The van der Waals surface area contributed by atoms with Gasteiger partial charge in [0.25, 0.3) is 0 Å². The topological polar surface area (TPSA) is 47.8 Å². The third-order valence-electron chi connectivity index (χ3n) is 5.44. The third kappa shape index (κ3) is 5.50. The molecule has 0 N–H and O–H groups in total. The zero-order valence-electron chi connectivity index (χ0n) is 17.3. The Labute approximate surface area is 163 Å². The largest absolute Gasteiger partial charge is 0.312 e. The number of aromatic nitrogens is 3. The average Bonchev–Trinajstić information content (AvgIpc) is 3.36. The number of carbonyl (C=O) groups excluding carboxylic acids is 1. The fourth-order valence-electron chi connectivity index (χ4n) is 3.72. The molecule has 1 aliphatic rings. The lowest BCUT2D eigenvalue weighted by atomic mass is 9.99. The van der Waals surface area contributed by atoms with E-state index in [1.165, 1.54) is 30.4 Å². The monoisotopic (exact) mass is 367 g/mol. The Morgan fingerprint density at radius 3 is 2.48 bits per heavy atom. The highest BCUT2D eigenvalue weighted by atomic mass is 16.1. The molecule has 3 rings (SSSR count). The molecule has 1 saturated carbocycles. The van der Waals surface area contributed by atoms with E-state index in [1.54, 1.807) is 0 Å². The van der Waals surface area contributed by atoms with Gasteiger partial charge in [-0.15, -0.1) is 10.2 Å². The van der Waals surface area contributed by atoms with Gasteiger partial charge in [-0.2, -0.15) is 0 Å². The molecule has 0 radical (unpaired) electrons. The summed E-state index contributed by atoms with van der Waals surface area (Å²) in [5, 5.41) is 8.91. The van der Waals surface area contributed by atoms with Gasteiger partial charge in [0.1, 0.15) is 17.4 Å². The van der Waals surface area contributed by atoms with Crippen LogP contribution in [0.4, 0.5) is 0 Å². The van der Waals surface area contributed by atoms with E-state index in [9.17, 15) is 4.79 Å². The van der Waals surface area contributed by atoms with Gasteiger partial charge in [-0.25, -0.2) is 0 Å². The first-order chi connectivity index (χ1) is 12.9. The van der Waals surface area contributed by atoms with Crippen molar-refractivity contribution in [2.45, 2.75) is 85.1 Å². The molecule has 1 fully saturated rings. The number of nitrogens with zero attached hydrogens (tertiary/aromatic N) is 3. The molecule has 27 heavy (non-hydrogen) atoms. The molecule has 4 nitrogen and oxygen atoms in total. The zero-order valence-corrected chi connectivity index (χ0v) is 17.3. The molecular weight excluding hydrogens is 334 g/mol. The molecule has 146 valence electrons. The number of hydrogen-bond acceptors (Lipinski definition) is 3. The van der Waals surface area contributed by atoms with E-state index in [1.807, 2.05) is 0 Å². The lowest BCUT2D eigenvalue weighted by molar-refractivity contribution is -0.118. The minimum Gasteiger partial charge on any atom is -0.312 e. The van der Waals surface area contributed by atoms with Crippen molar-refractivity contribution in [3.05, 3.63) is 46.5 Å². The van der Waals surface area contributed by atoms with Gasteiger partial charge >= 0.3 is 0 Å². The number of aryl methyl sites for hydroxylation is 4. The number of benzene rings is 1. The van der Waals surface area contributed by atoms with Crippen molar-refractivity contribution in [3.63, 3.8) is 0 Å². The minimum atomic E-state index is 0.286. The fourth-order valence-corrected chi connectivity index (χ4v) is 3.72. The number of ketones is 1. The van der Waals surface area contributed by atoms with Gasteiger partial charge in [0.2, 0.25) is 0 Å². The quantitative estimate of drug-likeness (QED) is 0.597. The molecule has 1 heterocycles. The fraction of sp³-hybridized carbons (Fsp3) is 0.609. The molecule has 2 aromatic rings. The van der Waals surface area contributed by atoms with Crippen molar-refractivity contribution < 1.29 is 4.79 Å². The Hall–Kier alpha value is -1.97. The molecular formula is C23H33N3O. The van der Waals surface area contributed by atoms with Gasteiger partial charge in [-0.3, -0.25) is 4.79 Å². The summed E-state index contributed by atoms with van der Waals surface area (Å²) in [6.45, 7) is 8.70. The smallest absolute Gasteiger partial charge is 0.137 e. The highest BCUT2D eigenvalue weighted by molar-refractivity contribution is 5.81. The molecule has 1 aliphatic carbocycles. The summed E-state index contributed by atoms with van der Waals surface area (Å²) < 4.78 is 2.34. The molecule has 0 unspecified atom stereocenters. The SMILES string of the molecule is Cc1ccc(CC(=O)CCc2nnc(CCCC(C)C)n2C2CC2)c(C)c1. The van der Waals surface area contributed by atoms with E-state index in [0.717, 1.165) is 36.0 Å². The molecule has 0 spiro atoms. The summed E-state index contributed by atoms with van der Waals surface area (Å²) in [6, 6.07) is 6.89. The number of rotatable bonds is 10. The van der Waals surface area contributed by atoms with Crippen molar-refractivity contribution >= 4 is 5.78 Å². The van der Waals surface area contributed by atoms with Gasteiger partial charge in [0, 0.05) is 31.7 Å². The molecule has 1 aromatic heterocycles. The van der Waals surface area contributed by atoms with Crippen LogP contribution in [-0.2, 0) is 24.1 Å². The van der Waals surface area contributed by atoms with Crippen LogP contribution in [0.25, 0.3) is 0 Å². The van der Waals surface area contributed by atoms with Crippen molar-refractivity contribution in [2.75, 3.05) is 0 Å². The van der Waals surface area contributed by atoms with Gasteiger partial charge in [-0.1, -0.05) is 44.0 Å². The summed E-state index contributed by atoms with van der Waals surface area (Å²) in [6.07, 6.45) is 7.59. The van der Waals surface area contributed by atoms with Crippen molar-refractivity contribution in [2.24, 2.45) is 5.92 Å². The van der Waals surface area contributed by atoms with Crippen LogP contribution in [0, 0.1) is 19.8 Å². The van der Waals surface area contributed by atoms with Crippen LogP contribution in [0.1, 0.15) is 80.3 Å². The van der Waals surface area contributed by atoms with Crippen LogP contribution in [-0.4, -0.2) is 20.5 Å². The summed E-state index contributed by atoms with van der Waals surface area (Å²) >= 11 is 0. The van der Waals surface area contributed by atoms with E-state index in [4.69, 9.17) is 0 Å². The summed E-state index contributed by atoms with van der Waals surface area (Å²) in [4.78, 5) is 12.5. The van der Waals surface area contributed by atoms with Crippen molar-refractivity contribution in [1.82, 2.24) is 14.8 Å². The molecule has 0 aliphatic heterocycles. The first-order valence-corrected chi connectivity index (χ1v) is 10.4. The molecule has 1 aromatic carbocycles. The van der Waals surface area contributed by atoms with Crippen LogP contribution in [0.5, 0.6) is 0 Å². The van der Waals surface area contributed by atoms with Gasteiger partial charge < -0.3 is 4.57 Å². The summed E-state index contributed by atoms with van der Waals surface area (Å²) in [7, 11) is 0. The average molecular weight is 368 g/mol. The standard InChI is InChI=1S/C23H33N3O/c1-16(2)6-5-7-22-24-25-23(26(22)20-10-11-20)13-12-21(27)15-19-9-8-17(3)14-18(19)4/h8-9,14,16,20H,5-7,10-13,15H2,1-4H3. The zero-order chi connectivity index (χ0) is 19.4. The lowest BCUT2D eigenvalue weighted by Gasteiger charge is -2.10. The Morgan fingerprint density at radius 1 is 1.15 bits per heavy atom. The van der Waals surface area contributed by atoms with Crippen LogP contribution in [0.2, 0.25) is 0 Å². The predicted molar refractivity (Wildman–Crippen MR) is 109 cm³/mol. The molecule has 0 atom stereocenters. The number of Topliss-reactive ketones (excluding diaryl/α,β-unsaturated/α-hetero) is 1. The van der Waals surface area contributed by atoms with Crippen LogP contribution in [0.15, 0.2) is 18.2 Å². The highest BCUT2D eigenvalue weighted by Crippen LogP contribution is 2.37. The number of hydrogen-bond donors (Lipinski definition) is 0. The minimum absolute atomic E-state index is 0.286. The van der Waals surface area contributed by atoms with Crippen LogP contribution < -0.4 is 0 Å². The van der Waals surface area contributed by atoms with Gasteiger partial charge in [0.05, 0.1) is 0 Å². The van der Waals surface area contributed by atoms with E-state index < -0.39 is 0 Å². The summed E-state index contributed by atoms with van der Waals surface area (Å²) in [5.41, 5.74) is 3.59. The second kappa shape index (κ2) is 8.81. The summed E-state index contributed by atoms with van der Waals surface area (Å²) in [5.74, 6) is 3.14. The maximum absolute atomic E-state index is 12.5. The molecule has 4 heteroatoms. The van der Waals surface area contributed by atoms with Crippen LogP contribution in [0.3, 0.4) is 0 Å². The van der Waals surface area contributed by atoms with E-state index in [-0.39, 0.29) is 5.78 Å². The Balaban J connectivity index is 1.58. The van der Waals surface area contributed by atoms with Gasteiger partial charge in [-0.05, 0) is 50.2 Å². The molecule has 0 bridgehead atoms. The van der Waals surface area contributed by atoms with Crippen LogP contribution >= 0.6 is 0 Å². The van der Waals surface area contributed by atoms with E-state index >= 15 is 0 Å². The number of carbonyl (C=O) groups is 1. The lowest BCUT2D eigenvalue weighted by Crippen LogP contribution is -2.10. The van der Waals surface area contributed by atoms with E-state index in [2.05, 4.69) is 60.7 Å². The van der Waals surface area contributed by atoms with Crippen molar-refractivity contribution in [3.8, 4) is 0 Å². The Kier molecular flexibility index (Phi) is 6.46. The first kappa shape index (κ1) is 19.8. The second-order valence-electron chi connectivity index (χ2n) is 8.57. The Morgan fingerprint density at radius 2 is 1.85 bits per heavy atom. The first-order valence-electron chi connectivity index (χ1n) is 10.4. The van der Waals surface area contributed by atoms with E-state index in [0.29, 0.717) is 25.3 Å². The normalized spacial score (nSPS) is 14.1. The van der Waals surface area contributed by atoms with Gasteiger partial charge in [0.15, 0.2) is 0 Å². The maximum atomic E-state index is 12.5. The maximum Gasteiger partial charge on any atom is 0.137 e. The predicted octanol–water partition coefficient (Wildman–Crippen LogP) is 4.95. The molecule has 0 saturated heterocycles.